The van der Waals surface area contributed by atoms with Gasteiger partial charge in [0.05, 0.1) is 16.9 Å². The van der Waals surface area contributed by atoms with Crippen LogP contribution in [0.25, 0.3) is 0 Å². The van der Waals surface area contributed by atoms with E-state index >= 15 is 0 Å². The highest BCUT2D eigenvalue weighted by Gasteiger charge is 2.28. The Hall–Kier alpha value is -1.71. The van der Waals surface area contributed by atoms with Crippen LogP contribution in [0.1, 0.15) is 37.0 Å². The number of nitrogens with zero attached hydrogens (tertiary/aromatic N) is 1. The number of primary amides is 1. The van der Waals surface area contributed by atoms with E-state index in [-0.39, 0.29) is 0 Å². The van der Waals surface area contributed by atoms with Crippen molar-refractivity contribution in [2.45, 2.75) is 32.7 Å². The second kappa shape index (κ2) is 4.88. The maximum Gasteiger partial charge on any atom is 0.250 e. The lowest BCUT2D eigenvalue weighted by Gasteiger charge is -2.40. The van der Waals surface area contributed by atoms with Gasteiger partial charge in [-0.15, -0.1) is 0 Å². The molecule has 4 nitrogen and oxygen atoms in total. The van der Waals surface area contributed by atoms with Gasteiger partial charge in [-0.05, 0) is 37.8 Å². The number of carbonyl (C=O) groups is 1. The van der Waals surface area contributed by atoms with Crippen molar-refractivity contribution in [2.75, 3.05) is 17.2 Å². The number of nitrogens with two attached hydrogens (primary N) is 2. The van der Waals surface area contributed by atoms with Crippen LogP contribution >= 0.6 is 0 Å². The Kier molecular flexibility index (Phi) is 3.45. The Morgan fingerprint density at radius 1 is 1.39 bits per heavy atom. The molecule has 98 valence electrons. The topological polar surface area (TPSA) is 72.3 Å². The Balaban J connectivity index is 2.46. The molecular weight excluding hydrogens is 226 g/mol. The quantitative estimate of drug-likeness (QED) is 0.785. The first kappa shape index (κ1) is 12.7. The van der Waals surface area contributed by atoms with Crippen LogP contribution in [0.2, 0.25) is 0 Å². The highest BCUT2D eigenvalue weighted by molar-refractivity contribution is 6.01. The molecular formula is C14H21N3O. The first-order valence-corrected chi connectivity index (χ1v) is 6.47. The van der Waals surface area contributed by atoms with Gasteiger partial charge in [0.15, 0.2) is 0 Å². The molecule has 1 aliphatic heterocycles. The zero-order valence-corrected chi connectivity index (χ0v) is 11.0. The Bertz CT molecular complexity index is 458. The molecule has 0 radical (unpaired) electrons. The van der Waals surface area contributed by atoms with Crippen molar-refractivity contribution < 1.29 is 4.79 Å². The third-order valence-corrected chi connectivity index (χ3v) is 3.99. The van der Waals surface area contributed by atoms with Crippen LogP contribution in [0, 0.1) is 5.92 Å². The monoisotopic (exact) mass is 247 g/mol. The van der Waals surface area contributed by atoms with E-state index in [1.165, 1.54) is 6.42 Å². The Morgan fingerprint density at radius 3 is 2.78 bits per heavy atom. The molecule has 1 heterocycles. The molecule has 4 heteroatoms. The number of nitrogen functional groups attached to an aromatic ring is 1. The lowest BCUT2D eigenvalue weighted by molar-refractivity contribution is 0.100. The zero-order valence-electron chi connectivity index (χ0n) is 11.0. The summed E-state index contributed by atoms with van der Waals surface area (Å²) in [7, 11) is 0. The van der Waals surface area contributed by atoms with Gasteiger partial charge in [0, 0.05) is 12.6 Å². The molecule has 1 aromatic carbocycles. The first-order chi connectivity index (χ1) is 8.52. The number of anilines is 2. The minimum absolute atomic E-state index is 0.376. The molecule has 1 fully saturated rings. The summed E-state index contributed by atoms with van der Waals surface area (Å²) in [4.78, 5) is 13.8. The standard InChI is InChI=1S/C14H21N3O/c1-9-5-4-8-17(10(9)2)13-11(14(16)18)6-3-7-12(13)15/h3,6-7,9-10H,4-5,8,15H2,1-2H3,(H2,16,18). The Morgan fingerprint density at radius 2 is 2.11 bits per heavy atom. The largest absolute Gasteiger partial charge is 0.397 e. The Labute approximate surface area is 108 Å². The van der Waals surface area contributed by atoms with Crippen molar-refractivity contribution in [3.63, 3.8) is 0 Å². The van der Waals surface area contributed by atoms with E-state index in [1.807, 2.05) is 6.07 Å². The third kappa shape index (κ3) is 2.15. The van der Waals surface area contributed by atoms with Gasteiger partial charge < -0.3 is 16.4 Å². The van der Waals surface area contributed by atoms with Gasteiger partial charge in [-0.3, -0.25) is 4.79 Å². The van der Waals surface area contributed by atoms with Gasteiger partial charge in [-0.25, -0.2) is 0 Å². The second-order valence-corrected chi connectivity index (χ2v) is 5.16. The van der Waals surface area contributed by atoms with E-state index < -0.39 is 5.91 Å². The number of hydrogen-bond acceptors (Lipinski definition) is 3. The van der Waals surface area contributed by atoms with E-state index in [4.69, 9.17) is 11.5 Å². The van der Waals surface area contributed by atoms with E-state index in [0.29, 0.717) is 23.2 Å². The molecule has 2 unspecified atom stereocenters. The van der Waals surface area contributed by atoms with Gasteiger partial charge in [-0.1, -0.05) is 13.0 Å². The van der Waals surface area contributed by atoms with Crippen LogP contribution in [-0.2, 0) is 0 Å². The summed E-state index contributed by atoms with van der Waals surface area (Å²) in [5.74, 6) is 0.182. The second-order valence-electron chi connectivity index (χ2n) is 5.16. The van der Waals surface area contributed by atoms with Crippen molar-refractivity contribution in [1.82, 2.24) is 0 Å². The van der Waals surface area contributed by atoms with Crippen molar-refractivity contribution in [3.8, 4) is 0 Å². The number of carbonyl (C=O) groups excluding carboxylic acids is 1. The van der Waals surface area contributed by atoms with Crippen molar-refractivity contribution in [1.29, 1.82) is 0 Å². The van der Waals surface area contributed by atoms with Crippen molar-refractivity contribution >= 4 is 17.3 Å². The summed E-state index contributed by atoms with van der Waals surface area (Å²) in [5.41, 5.74) is 13.5. The molecule has 1 aliphatic rings. The maximum atomic E-state index is 11.5. The lowest BCUT2D eigenvalue weighted by atomic mass is 9.90. The fraction of sp³-hybridized carbons (Fsp3) is 0.500. The average molecular weight is 247 g/mol. The zero-order chi connectivity index (χ0) is 13.3. The number of piperidine rings is 1. The fourth-order valence-corrected chi connectivity index (χ4v) is 2.73. The highest BCUT2D eigenvalue weighted by atomic mass is 16.1. The molecule has 1 saturated heterocycles. The smallest absolute Gasteiger partial charge is 0.250 e. The summed E-state index contributed by atoms with van der Waals surface area (Å²) in [6.07, 6.45) is 2.34. The minimum Gasteiger partial charge on any atom is -0.397 e. The van der Waals surface area contributed by atoms with Gasteiger partial charge in [0.2, 0.25) is 0 Å². The first-order valence-electron chi connectivity index (χ1n) is 6.47. The molecule has 0 bridgehead atoms. The summed E-state index contributed by atoms with van der Waals surface area (Å²) in [6, 6.07) is 5.73. The normalized spacial score (nSPS) is 24.0. The molecule has 0 saturated carbocycles. The SMILES string of the molecule is CC1CCCN(c2c(N)cccc2C(N)=O)C1C. The molecule has 1 aromatic rings. The van der Waals surface area contributed by atoms with Crippen LogP contribution < -0.4 is 16.4 Å². The molecule has 4 N–H and O–H groups in total. The summed E-state index contributed by atoms with van der Waals surface area (Å²) < 4.78 is 0. The molecule has 2 atom stereocenters. The predicted octanol–water partition coefficient (Wildman–Crippen LogP) is 1.99. The maximum absolute atomic E-state index is 11.5. The number of para-hydroxylation sites is 1. The van der Waals surface area contributed by atoms with E-state index in [1.54, 1.807) is 12.1 Å². The molecule has 1 amide bonds. The lowest BCUT2D eigenvalue weighted by Crippen LogP contribution is -2.43. The van der Waals surface area contributed by atoms with Crippen LogP contribution in [0.15, 0.2) is 18.2 Å². The van der Waals surface area contributed by atoms with Crippen LogP contribution in [-0.4, -0.2) is 18.5 Å². The van der Waals surface area contributed by atoms with E-state index in [0.717, 1.165) is 18.7 Å². The molecule has 18 heavy (non-hydrogen) atoms. The summed E-state index contributed by atoms with van der Waals surface area (Å²) >= 11 is 0. The summed E-state index contributed by atoms with van der Waals surface area (Å²) in [5, 5.41) is 0. The van der Waals surface area contributed by atoms with Crippen molar-refractivity contribution in [3.05, 3.63) is 23.8 Å². The van der Waals surface area contributed by atoms with Gasteiger partial charge in [0.25, 0.3) is 5.91 Å². The van der Waals surface area contributed by atoms with E-state index in [9.17, 15) is 4.79 Å². The average Bonchev–Trinajstić information content (AvgIpc) is 2.33. The van der Waals surface area contributed by atoms with E-state index in [2.05, 4.69) is 18.7 Å². The number of benzene rings is 1. The molecule has 0 aliphatic carbocycles. The van der Waals surface area contributed by atoms with Gasteiger partial charge in [0.1, 0.15) is 0 Å². The van der Waals surface area contributed by atoms with Gasteiger partial charge in [-0.2, -0.15) is 0 Å². The fourth-order valence-electron chi connectivity index (χ4n) is 2.73. The molecule has 0 spiro atoms. The number of rotatable bonds is 2. The van der Waals surface area contributed by atoms with Crippen LogP contribution in [0.5, 0.6) is 0 Å². The third-order valence-electron chi connectivity index (χ3n) is 3.99. The van der Waals surface area contributed by atoms with Crippen LogP contribution in [0.3, 0.4) is 0 Å². The van der Waals surface area contributed by atoms with Gasteiger partial charge >= 0.3 is 0 Å². The highest BCUT2D eigenvalue weighted by Crippen LogP contribution is 2.34. The molecule has 0 aromatic heterocycles. The number of amides is 1. The molecule has 2 rings (SSSR count). The summed E-state index contributed by atoms with van der Waals surface area (Å²) in [6.45, 7) is 5.35. The minimum atomic E-state index is -0.414. The number of hydrogen-bond donors (Lipinski definition) is 2. The predicted molar refractivity (Wildman–Crippen MR) is 74.6 cm³/mol. The van der Waals surface area contributed by atoms with Crippen molar-refractivity contribution in [2.24, 2.45) is 11.7 Å². The van der Waals surface area contributed by atoms with Crippen LogP contribution in [0.4, 0.5) is 11.4 Å².